The Labute approximate surface area is 208 Å². The highest BCUT2D eigenvalue weighted by atomic mass is 28.5. The molecule has 0 saturated heterocycles. The van der Waals surface area contributed by atoms with E-state index in [1.54, 1.807) is 0 Å². The molecule has 1 atom stereocenters. The van der Waals surface area contributed by atoms with Crippen LogP contribution in [0.1, 0.15) is 12.8 Å². The summed E-state index contributed by atoms with van der Waals surface area (Å²) in [4.78, 5) is 0. The Morgan fingerprint density at radius 2 is 1.18 bits per heavy atom. The van der Waals surface area contributed by atoms with Crippen molar-refractivity contribution in [1.82, 2.24) is 0 Å². The van der Waals surface area contributed by atoms with Gasteiger partial charge in [-0.2, -0.15) is 0 Å². The van der Waals surface area contributed by atoms with Crippen LogP contribution in [-0.2, 0) is 30.7 Å². The van der Waals surface area contributed by atoms with E-state index in [9.17, 15) is 0 Å². The summed E-state index contributed by atoms with van der Waals surface area (Å²) in [6, 6.07) is 1.92. The van der Waals surface area contributed by atoms with Gasteiger partial charge in [-0.25, -0.2) is 0 Å². The Kier molecular flexibility index (Phi) is 17.6. The third-order valence-corrected chi connectivity index (χ3v) is 20.3. The molecule has 0 bridgehead atoms. The Balaban J connectivity index is 4.67. The van der Waals surface area contributed by atoms with Gasteiger partial charge in [-0.3, -0.25) is 0 Å². The molecule has 14 heteroatoms. The maximum Gasteiger partial charge on any atom is 0.479 e. The van der Waals surface area contributed by atoms with Gasteiger partial charge in [-0.15, -0.1) is 0 Å². The minimum atomic E-state index is -2.87. The molecule has 0 aliphatic heterocycles. The molecule has 0 spiro atoms. The largest absolute Gasteiger partial charge is 0.479 e. The first kappa shape index (κ1) is 33.7. The zero-order valence-corrected chi connectivity index (χ0v) is 27.7. The summed E-state index contributed by atoms with van der Waals surface area (Å²) in [7, 11) is -9.92. The first-order valence-electron chi connectivity index (χ1n) is 12.0. The lowest BCUT2D eigenvalue weighted by atomic mass is 10.5. The van der Waals surface area contributed by atoms with Crippen LogP contribution in [0.4, 0.5) is 0 Å². The SMILES string of the molecule is C[SiH2]O[Si@@](C)(OCO[Si](C)(C)CCCOCCO)O[Si](C)(C)O[Si](C)(C)CCCOCCO. The van der Waals surface area contributed by atoms with Gasteiger partial charge in [0.05, 0.1) is 26.4 Å². The van der Waals surface area contributed by atoms with Crippen molar-refractivity contribution < 1.29 is 40.9 Å². The summed E-state index contributed by atoms with van der Waals surface area (Å²) in [6.07, 6.45) is 1.81. The summed E-state index contributed by atoms with van der Waals surface area (Å²) >= 11 is 0. The molecular weight excluding hydrogens is 513 g/mol. The van der Waals surface area contributed by atoms with Crippen LogP contribution in [0.5, 0.6) is 0 Å². The maximum absolute atomic E-state index is 8.81. The van der Waals surface area contributed by atoms with Crippen molar-refractivity contribution in [1.29, 1.82) is 0 Å². The highest BCUT2D eigenvalue weighted by Gasteiger charge is 2.45. The Hall–Kier alpha value is 0.724. The molecule has 33 heavy (non-hydrogen) atoms. The first-order valence-corrected chi connectivity index (χ1v) is 25.3. The Morgan fingerprint density at radius 1 is 0.667 bits per heavy atom. The number of rotatable bonds is 22. The number of ether oxygens (including phenoxy) is 2. The summed E-state index contributed by atoms with van der Waals surface area (Å²) in [6.45, 7) is 19.2. The van der Waals surface area contributed by atoms with Crippen LogP contribution in [0.3, 0.4) is 0 Å². The standard InChI is InChI=1S/C19H50O9Si5/c1-29-26-33(8,25-19-24-30(2,3)17-9-13-22-15-11-20)28-32(6,7)27-31(4,5)18-10-14-23-16-12-21/h20-21H,9-19,29H2,1-8H3/t33-/m1/s1. The van der Waals surface area contributed by atoms with Gasteiger partial charge in [0, 0.05) is 19.8 Å². The van der Waals surface area contributed by atoms with E-state index in [2.05, 4.69) is 45.8 Å². The van der Waals surface area contributed by atoms with Gasteiger partial charge in [0.1, 0.15) is 16.6 Å². The average molecular weight is 563 g/mol. The van der Waals surface area contributed by atoms with E-state index in [-0.39, 0.29) is 20.0 Å². The second-order valence-corrected chi connectivity index (χ2v) is 26.2. The molecule has 0 saturated carbocycles. The Bertz CT molecular complexity index is 500. The van der Waals surface area contributed by atoms with Crippen molar-refractivity contribution in [2.45, 2.75) is 77.3 Å². The molecule has 0 rings (SSSR count). The van der Waals surface area contributed by atoms with Gasteiger partial charge in [0.15, 0.2) is 16.6 Å². The van der Waals surface area contributed by atoms with Crippen molar-refractivity contribution in [3.63, 3.8) is 0 Å². The van der Waals surface area contributed by atoms with Crippen LogP contribution in [0.2, 0.25) is 64.5 Å². The lowest BCUT2D eigenvalue weighted by Gasteiger charge is -2.39. The van der Waals surface area contributed by atoms with E-state index in [1.165, 1.54) is 0 Å². The van der Waals surface area contributed by atoms with Crippen LogP contribution in [0, 0.1) is 0 Å². The smallest absolute Gasteiger partial charge is 0.436 e. The molecule has 0 unspecified atom stereocenters. The van der Waals surface area contributed by atoms with Crippen molar-refractivity contribution >= 4 is 43.8 Å². The van der Waals surface area contributed by atoms with E-state index in [0.717, 1.165) is 24.9 Å². The molecule has 2 N–H and O–H groups in total. The van der Waals surface area contributed by atoms with Crippen molar-refractivity contribution in [3.8, 4) is 0 Å². The highest BCUT2D eigenvalue weighted by Crippen LogP contribution is 2.25. The number of aliphatic hydroxyl groups is 2. The van der Waals surface area contributed by atoms with E-state index in [1.807, 2.05) is 6.55 Å². The molecule has 0 aromatic carbocycles. The van der Waals surface area contributed by atoms with E-state index >= 15 is 0 Å². The third kappa shape index (κ3) is 18.6. The summed E-state index contributed by atoms with van der Waals surface area (Å²) in [5.41, 5.74) is 0. The fourth-order valence-electron chi connectivity index (χ4n) is 3.45. The minimum absolute atomic E-state index is 0.0528. The summed E-state index contributed by atoms with van der Waals surface area (Å²) in [5, 5.41) is 17.6. The molecule has 0 aromatic rings. The number of hydrogen-bond acceptors (Lipinski definition) is 9. The lowest BCUT2D eigenvalue weighted by Crippen LogP contribution is -2.56. The molecule has 0 aromatic heterocycles. The Morgan fingerprint density at radius 3 is 1.67 bits per heavy atom. The highest BCUT2D eigenvalue weighted by molar-refractivity contribution is 6.86. The van der Waals surface area contributed by atoms with Crippen LogP contribution in [0.25, 0.3) is 0 Å². The third-order valence-electron chi connectivity index (χ3n) is 4.74. The van der Waals surface area contributed by atoms with Crippen molar-refractivity contribution in [2.75, 3.05) is 46.4 Å². The molecule has 0 radical (unpaired) electrons. The minimum Gasteiger partial charge on any atom is -0.436 e. The monoisotopic (exact) mass is 562 g/mol. The molecule has 0 fully saturated rings. The molecule has 0 aliphatic carbocycles. The van der Waals surface area contributed by atoms with Gasteiger partial charge in [-0.1, -0.05) is 6.55 Å². The first-order chi connectivity index (χ1) is 15.3. The predicted molar refractivity (Wildman–Crippen MR) is 143 cm³/mol. The van der Waals surface area contributed by atoms with E-state index < -0.39 is 43.8 Å². The van der Waals surface area contributed by atoms with Crippen LogP contribution in [0.15, 0.2) is 0 Å². The summed E-state index contributed by atoms with van der Waals surface area (Å²) in [5.74, 6) is 0. The number of aliphatic hydroxyl groups excluding tert-OH is 2. The average Bonchev–Trinajstić information content (AvgIpc) is 2.66. The van der Waals surface area contributed by atoms with Crippen molar-refractivity contribution in [3.05, 3.63) is 0 Å². The lowest BCUT2D eigenvalue weighted by molar-refractivity contribution is 0.0520. The maximum atomic E-state index is 8.81. The van der Waals surface area contributed by atoms with Gasteiger partial charge in [0.25, 0.3) is 0 Å². The molecule has 200 valence electrons. The van der Waals surface area contributed by atoms with Crippen LogP contribution >= 0.6 is 0 Å². The molecule has 0 aliphatic rings. The molecule has 0 amide bonds. The fourth-order valence-corrected chi connectivity index (χ4v) is 19.6. The zero-order valence-electron chi connectivity index (χ0n) is 22.2. The van der Waals surface area contributed by atoms with Crippen molar-refractivity contribution in [2.24, 2.45) is 0 Å². The summed E-state index contributed by atoms with van der Waals surface area (Å²) < 4.78 is 42.2. The fraction of sp³-hybridized carbons (Fsp3) is 1.00. The molecule has 9 nitrogen and oxygen atoms in total. The number of hydrogen-bond donors (Lipinski definition) is 2. The van der Waals surface area contributed by atoms with Gasteiger partial charge < -0.3 is 40.9 Å². The quantitative estimate of drug-likeness (QED) is 0.117. The van der Waals surface area contributed by atoms with Gasteiger partial charge in [0.2, 0.25) is 0 Å². The normalized spacial score (nSPS) is 15.5. The van der Waals surface area contributed by atoms with Crippen LogP contribution in [-0.4, -0.2) is 100 Å². The van der Waals surface area contributed by atoms with E-state index in [4.69, 9.17) is 40.9 Å². The van der Waals surface area contributed by atoms with E-state index in [0.29, 0.717) is 26.4 Å². The van der Waals surface area contributed by atoms with Gasteiger partial charge in [-0.05, 0) is 64.2 Å². The second-order valence-electron chi connectivity index (χ2n) is 9.70. The second kappa shape index (κ2) is 17.2. The molecule has 0 heterocycles. The molecular formula is C19H50O9Si5. The van der Waals surface area contributed by atoms with Gasteiger partial charge >= 0.3 is 17.4 Å². The zero-order chi connectivity index (χ0) is 25.4. The predicted octanol–water partition coefficient (Wildman–Crippen LogP) is 2.64. The topological polar surface area (TPSA) is 105 Å². The van der Waals surface area contributed by atoms with Crippen LogP contribution < -0.4 is 0 Å².